The van der Waals surface area contributed by atoms with Crippen LogP contribution in [0.25, 0.3) is 0 Å². The highest BCUT2D eigenvalue weighted by Crippen LogP contribution is 2.28. The number of hydrogen-bond acceptors (Lipinski definition) is 2. The van der Waals surface area contributed by atoms with Crippen LogP contribution in [0.5, 0.6) is 0 Å². The molecule has 0 saturated heterocycles. The van der Waals surface area contributed by atoms with Crippen LogP contribution in [0.3, 0.4) is 0 Å². The predicted octanol–water partition coefficient (Wildman–Crippen LogP) is 2.68. The van der Waals surface area contributed by atoms with E-state index in [1.165, 1.54) is 0 Å². The Balaban J connectivity index is 2.34. The van der Waals surface area contributed by atoms with Crippen molar-refractivity contribution in [1.29, 1.82) is 0 Å². The summed E-state index contributed by atoms with van der Waals surface area (Å²) in [5.41, 5.74) is 1.41. The summed E-state index contributed by atoms with van der Waals surface area (Å²) in [6.07, 6.45) is 0.613. The topological polar surface area (TPSA) is 49.3 Å². The summed E-state index contributed by atoms with van der Waals surface area (Å²) in [5.74, 6) is -0.0656. The van der Waals surface area contributed by atoms with E-state index in [0.717, 1.165) is 11.1 Å². The summed E-state index contributed by atoms with van der Waals surface area (Å²) < 4.78 is 0. The van der Waals surface area contributed by atoms with E-state index < -0.39 is 5.41 Å². The molecule has 0 saturated carbocycles. The number of amides is 1. The Labute approximate surface area is 132 Å². The molecule has 0 aliphatic carbocycles. The summed E-state index contributed by atoms with van der Waals surface area (Å²) in [4.78, 5) is 12.8. The Morgan fingerprint density at radius 3 is 2.18 bits per heavy atom. The van der Waals surface area contributed by atoms with Crippen molar-refractivity contribution in [2.75, 3.05) is 6.61 Å². The Bertz CT molecular complexity index is 597. The molecule has 116 valence electrons. The highest BCUT2D eigenvalue weighted by Gasteiger charge is 2.35. The van der Waals surface area contributed by atoms with E-state index in [1.54, 1.807) is 6.92 Å². The number of aliphatic hydroxyl groups is 1. The monoisotopic (exact) mass is 297 g/mol. The number of carbonyl (C=O) groups excluding carboxylic acids is 1. The summed E-state index contributed by atoms with van der Waals surface area (Å²) in [6.45, 7) is 3.68. The SMILES string of the molecule is C[C@@H](CO)NC(=O)C(C)(Cc1ccccc1)c1ccccc1. The van der Waals surface area contributed by atoms with Gasteiger partial charge in [0.25, 0.3) is 0 Å². The summed E-state index contributed by atoms with van der Waals surface area (Å²) >= 11 is 0. The van der Waals surface area contributed by atoms with E-state index in [9.17, 15) is 9.90 Å². The van der Waals surface area contributed by atoms with E-state index in [2.05, 4.69) is 5.32 Å². The highest BCUT2D eigenvalue weighted by molar-refractivity contribution is 5.88. The molecule has 3 heteroatoms. The zero-order valence-electron chi connectivity index (χ0n) is 13.1. The molecule has 0 bridgehead atoms. The minimum Gasteiger partial charge on any atom is -0.394 e. The lowest BCUT2D eigenvalue weighted by molar-refractivity contribution is -0.127. The van der Waals surface area contributed by atoms with E-state index in [1.807, 2.05) is 67.6 Å². The number of hydrogen-bond donors (Lipinski definition) is 2. The van der Waals surface area contributed by atoms with Gasteiger partial charge in [-0.2, -0.15) is 0 Å². The van der Waals surface area contributed by atoms with Crippen LogP contribution in [0, 0.1) is 0 Å². The van der Waals surface area contributed by atoms with Crippen molar-refractivity contribution >= 4 is 5.91 Å². The molecule has 0 aliphatic rings. The molecule has 2 rings (SSSR count). The Morgan fingerprint density at radius 1 is 1.09 bits per heavy atom. The molecule has 3 nitrogen and oxygen atoms in total. The van der Waals surface area contributed by atoms with Gasteiger partial charge in [0.1, 0.15) is 0 Å². The molecular weight excluding hydrogens is 274 g/mol. The van der Waals surface area contributed by atoms with Gasteiger partial charge < -0.3 is 10.4 Å². The molecule has 2 aromatic rings. The van der Waals surface area contributed by atoms with Gasteiger partial charge in [-0.05, 0) is 31.4 Å². The minimum atomic E-state index is -0.675. The first-order chi connectivity index (χ1) is 10.6. The first kappa shape index (κ1) is 16.2. The second-order valence-electron chi connectivity index (χ2n) is 5.92. The largest absolute Gasteiger partial charge is 0.394 e. The van der Waals surface area contributed by atoms with Gasteiger partial charge in [0.2, 0.25) is 5.91 Å². The van der Waals surface area contributed by atoms with Gasteiger partial charge in [-0.1, -0.05) is 60.7 Å². The molecule has 0 aromatic heterocycles. The van der Waals surface area contributed by atoms with Crippen molar-refractivity contribution in [1.82, 2.24) is 5.32 Å². The van der Waals surface area contributed by atoms with Gasteiger partial charge in [-0.3, -0.25) is 4.79 Å². The van der Waals surface area contributed by atoms with Crippen LogP contribution in [0.15, 0.2) is 60.7 Å². The quantitative estimate of drug-likeness (QED) is 0.861. The molecule has 1 amide bonds. The van der Waals surface area contributed by atoms with Crippen molar-refractivity contribution < 1.29 is 9.90 Å². The average Bonchev–Trinajstić information content (AvgIpc) is 2.56. The number of aliphatic hydroxyl groups excluding tert-OH is 1. The van der Waals surface area contributed by atoms with Crippen molar-refractivity contribution in [3.8, 4) is 0 Å². The third kappa shape index (κ3) is 3.74. The number of nitrogens with one attached hydrogen (secondary N) is 1. The smallest absolute Gasteiger partial charge is 0.230 e. The van der Waals surface area contributed by atoms with Gasteiger partial charge in [-0.15, -0.1) is 0 Å². The van der Waals surface area contributed by atoms with E-state index in [4.69, 9.17) is 0 Å². The fraction of sp³-hybridized carbons (Fsp3) is 0.316. The highest BCUT2D eigenvalue weighted by atomic mass is 16.3. The molecule has 0 heterocycles. The second kappa shape index (κ2) is 7.23. The van der Waals surface area contributed by atoms with Crippen LogP contribution in [0.4, 0.5) is 0 Å². The third-order valence-electron chi connectivity index (χ3n) is 3.96. The molecule has 0 radical (unpaired) electrons. The maximum atomic E-state index is 12.8. The van der Waals surface area contributed by atoms with Crippen LogP contribution in [-0.4, -0.2) is 23.7 Å². The van der Waals surface area contributed by atoms with E-state index in [-0.39, 0.29) is 18.6 Å². The number of carbonyl (C=O) groups is 1. The second-order valence-corrected chi connectivity index (χ2v) is 5.92. The Hall–Kier alpha value is -2.13. The molecule has 2 aromatic carbocycles. The number of rotatable bonds is 6. The standard InChI is InChI=1S/C19H23NO2/c1-15(14-21)20-18(22)19(2,17-11-7-4-8-12-17)13-16-9-5-3-6-10-16/h3-12,15,21H,13-14H2,1-2H3,(H,20,22)/t15-,19?/m0/s1. The predicted molar refractivity (Wildman–Crippen MR) is 88.6 cm³/mol. The van der Waals surface area contributed by atoms with Crippen LogP contribution >= 0.6 is 0 Å². The Kier molecular flexibility index (Phi) is 5.34. The lowest BCUT2D eigenvalue weighted by Crippen LogP contribution is -2.48. The molecule has 0 spiro atoms. The molecule has 22 heavy (non-hydrogen) atoms. The van der Waals surface area contributed by atoms with Gasteiger partial charge >= 0.3 is 0 Å². The van der Waals surface area contributed by atoms with Crippen LogP contribution in [0.2, 0.25) is 0 Å². The van der Waals surface area contributed by atoms with Crippen molar-refractivity contribution in [2.45, 2.75) is 31.7 Å². The minimum absolute atomic E-state index is 0.0656. The van der Waals surface area contributed by atoms with Gasteiger partial charge in [0, 0.05) is 6.04 Å². The maximum Gasteiger partial charge on any atom is 0.230 e. The fourth-order valence-corrected chi connectivity index (χ4v) is 2.55. The first-order valence-electron chi connectivity index (χ1n) is 7.57. The summed E-state index contributed by atoms with van der Waals surface area (Å²) in [7, 11) is 0. The third-order valence-corrected chi connectivity index (χ3v) is 3.96. The molecule has 0 aliphatic heterocycles. The van der Waals surface area contributed by atoms with Crippen molar-refractivity contribution in [3.05, 3.63) is 71.8 Å². The Morgan fingerprint density at radius 2 is 1.64 bits per heavy atom. The number of benzene rings is 2. The molecular formula is C19H23NO2. The lowest BCUT2D eigenvalue weighted by atomic mass is 9.76. The summed E-state index contributed by atoms with van der Waals surface area (Å²) in [6, 6.07) is 19.5. The maximum absolute atomic E-state index is 12.8. The lowest BCUT2D eigenvalue weighted by Gasteiger charge is -2.30. The zero-order valence-corrected chi connectivity index (χ0v) is 13.1. The van der Waals surface area contributed by atoms with E-state index >= 15 is 0 Å². The molecule has 2 atom stereocenters. The summed E-state index contributed by atoms with van der Waals surface area (Å²) in [5, 5.41) is 12.1. The average molecular weight is 297 g/mol. The van der Waals surface area contributed by atoms with Crippen LogP contribution in [0.1, 0.15) is 25.0 Å². The zero-order chi connectivity index (χ0) is 16.0. The van der Waals surface area contributed by atoms with E-state index in [0.29, 0.717) is 6.42 Å². The van der Waals surface area contributed by atoms with Gasteiger partial charge in [-0.25, -0.2) is 0 Å². The normalized spacial score (nSPS) is 14.9. The first-order valence-corrected chi connectivity index (χ1v) is 7.57. The van der Waals surface area contributed by atoms with Gasteiger partial charge in [0.15, 0.2) is 0 Å². The fourth-order valence-electron chi connectivity index (χ4n) is 2.55. The van der Waals surface area contributed by atoms with Crippen molar-refractivity contribution in [2.24, 2.45) is 0 Å². The van der Waals surface area contributed by atoms with Gasteiger partial charge in [0.05, 0.1) is 12.0 Å². The molecule has 2 N–H and O–H groups in total. The molecule has 0 fully saturated rings. The van der Waals surface area contributed by atoms with Crippen molar-refractivity contribution in [3.63, 3.8) is 0 Å². The van der Waals surface area contributed by atoms with Crippen LogP contribution < -0.4 is 5.32 Å². The van der Waals surface area contributed by atoms with Crippen LogP contribution in [-0.2, 0) is 16.6 Å². The molecule has 1 unspecified atom stereocenters.